The minimum atomic E-state index is -0.609. The van der Waals surface area contributed by atoms with Gasteiger partial charge in [0.1, 0.15) is 4.32 Å². The van der Waals surface area contributed by atoms with Crippen LogP contribution in [0.5, 0.6) is 0 Å². The van der Waals surface area contributed by atoms with Gasteiger partial charge in [-0.1, -0.05) is 22.0 Å². The van der Waals surface area contributed by atoms with Crippen LogP contribution >= 0.6 is 15.9 Å². The second kappa shape index (κ2) is 5.26. The van der Waals surface area contributed by atoms with Crippen molar-refractivity contribution in [2.75, 3.05) is 6.61 Å². The first kappa shape index (κ1) is 12.2. The number of esters is 1. The fourth-order valence-corrected chi connectivity index (χ4v) is 1.09. The summed E-state index contributed by atoms with van der Waals surface area (Å²) < 4.78 is 4.49. The van der Waals surface area contributed by atoms with E-state index < -0.39 is 4.32 Å². The van der Waals surface area contributed by atoms with Crippen LogP contribution in [0.3, 0.4) is 0 Å². The Morgan fingerprint density at radius 1 is 1.60 bits per heavy atom. The van der Waals surface area contributed by atoms with Gasteiger partial charge >= 0.3 is 5.97 Å². The van der Waals surface area contributed by atoms with Crippen molar-refractivity contribution in [1.29, 1.82) is 0 Å². The highest BCUT2D eigenvalue weighted by Crippen LogP contribution is 2.17. The van der Waals surface area contributed by atoms with Crippen LogP contribution in [0.4, 0.5) is 0 Å². The molecule has 0 atom stereocenters. The second-order valence-corrected chi connectivity index (χ2v) is 5.70. The topological polar surface area (TPSA) is 39.2 Å². The minimum Gasteiger partial charge on any atom is -0.464 e. The maximum absolute atomic E-state index is 11.4. The van der Waals surface area contributed by atoms with E-state index in [2.05, 4.69) is 20.9 Å². The highest BCUT2D eigenvalue weighted by molar-refractivity contribution is 9.10. The summed E-state index contributed by atoms with van der Waals surface area (Å²) >= 11 is 3.24. The largest absolute Gasteiger partial charge is 0.464 e. The van der Waals surface area contributed by atoms with Crippen LogP contribution in [-0.4, -0.2) is 21.9 Å². The van der Waals surface area contributed by atoms with E-state index in [-0.39, 0.29) is 5.97 Å². The molecule has 0 spiro atoms. The third-order valence-electron chi connectivity index (χ3n) is 1.83. The van der Waals surface area contributed by atoms with Gasteiger partial charge in [0, 0.05) is 18.8 Å². The molecule has 15 heavy (non-hydrogen) atoms. The van der Waals surface area contributed by atoms with Gasteiger partial charge in [-0.25, -0.2) is 0 Å². The number of carbonyl (C=O) groups excluding carboxylic acids is 1. The first-order valence-electron chi connectivity index (χ1n) is 4.75. The number of halogens is 1. The van der Waals surface area contributed by atoms with Crippen LogP contribution in [0.25, 0.3) is 0 Å². The van der Waals surface area contributed by atoms with Crippen molar-refractivity contribution >= 4 is 21.9 Å². The lowest BCUT2D eigenvalue weighted by Crippen LogP contribution is -2.27. The zero-order valence-corrected chi connectivity index (χ0v) is 10.5. The van der Waals surface area contributed by atoms with Gasteiger partial charge in [0.05, 0.1) is 6.61 Å². The molecule has 1 aromatic heterocycles. The average molecular weight is 272 g/mol. The molecule has 0 fully saturated rings. The lowest BCUT2D eigenvalue weighted by Gasteiger charge is -2.14. The van der Waals surface area contributed by atoms with E-state index in [1.807, 2.05) is 12.1 Å². The molecule has 1 aromatic rings. The smallest absolute Gasteiger partial charge is 0.322 e. The molecule has 1 rings (SSSR count). The molecule has 0 radical (unpaired) electrons. The lowest BCUT2D eigenvalue weighted by atomic mass is 10.2. The summed E-state index contributed by atoms with van der Waals surface area (Å²) in [6.45, 7) is 3.92. The second-order valence-electron chi connectivity index (χ2n) is 3.72. The first-order chi connectivity index (χ1) is 7.00. The van der Waals surface area contributed by atoms with Gasteiger partial charge in [-0.05, 0) is 25.5 Å². The van der Waals surface area contributed by atoms with E-state index >= 15 is 0 Å². The van der Waals surface area contributed by atoms with Crippen molar-refractivity contribution in [3.63, 3.8) is 0 Å². The van der Waals surface area contributed by atoms with E-state index in [1.165, 1.54) is 0 Å². The van der Waals surface area contributed by atoms with Crippen molar-refractivity contribution in [2.45, 2.75) is 24.6 Å². The van der Waals surface area contributed by atoms with Crippen molar-refractivity contribution < 1.29 is 9.53 Å². The van der Waals surface area contributed by atoms with Gasteiger partial charge in [-0.15, -0.1) is 0 Å². The Kier molecular flexibility index (Phi) is 4.27. The quantitative estimate of drug-likeness (QED) is 0.624. The van der Waals surface area contributed by atoms with Crippen LogP contribution in [-0.2, 0) is 16.0 Å². The number of aromatic nitrogens is 1. The summed E-state index contributed by atoms with van der Waals surface area (Å²) in [5.74, 6) is -0.244. The standard InChI is InChI=1S/C11H14BrNO2/c1-11(2,12)10(14)15-7-5-9-4-3-6-13-8-9/h3-4,6,8H,5,7H2,1-2H3. The SMILES string of the molecule is CC(C)(Br)C(=O)OCCc1cccnc1. The molecule has 0 bridgehead atoms. The van der Waals surface area contributed by atoms with E-state index in [4.69, 9.17) is 4.74 Å². The van der Waals surface area contributed by atoms with Crippen molar-refractivity contribution in [3.8, 4) is 0 Å². The molecule has 0 aliphatic carbocycles. The maximum Gasteiger partial charge on any atom is 0.322 e. The molecular weight excluding hydrogens is 258 g/mol. The van der Waals surface area contributed by atoms with E-state index in [9.17, 15) is 4.79 Å². The van der Waals surface area contributed by atoms with Crippen molar-refractivity contribution in [2.24, 2.45) is 0 Å². The molecule has 0 aliphatic rings. The fraction of sp³-hybridized carbons (Fsp3) is 0.455. The monoisotopic (exact) mass is 271 g/mol. The predicted molar refractivity (Wildman–Crippen MR) is 61.9 cm³/mol. The highest BCUT2D eigenvalue weighted by atomic mass is 79.9. The van der Waals surface area contributed by atoms with Gasteiger partial charge < -0.3 is 4.74 Å². The Hall–Kier alpha value is -0.900. The van der Waals surface area contributed by atoms with Gasteiger partial charge in [0.15, 0.2) is 0 Å². The number of alkyl halides is 1. The number of rotatable bonds is 4. The highest BCUT2D eigenvalue weighted by Gasteiger charge is 2.25. The van der Waals surface area contributed by atoms with Crippen LogP contribution in [0.15, 0.2) is 24.5 Å². The maximum atomic E-state index is 11.4. The molecule has 1 heterocycles. The van der Waals surface area contributed by atoms with Crippen LogP contribution in [0, 0.1) is 0 Å². The minimum absolute atomic E-state index is 0.244. The average Bonchev–Trinajstić information content (AvgIpc) is 2.18. The number of carbonyl (C=O) groups is 1. The molecule has 0 aliphatic heterocycles. The lowest BCUT2D eigenvalue weighted by molar-refractivity contribution is -0.145. The number of hydrogen-bond donors (Lipinski definition) is 0. The molecule has 4 heteroatoms. The molecule has 0 amide bonds. The van der Waals surface area contributed by atoms with Crippen LogP contribution in [0.1, 0.15) is 19.4 Å². The number of ether oxygens (including phenoxy) is 1. The molecule has 0 saturated carbocycles. The van der Waals surface area contributed by atoms with Crippen LogP contribution < -0.4 is 0 Å². The van der Waals surface area contributed by atoms with E-state index in [0.29, 0.717) is 13.0 Å². The molecular formula is C11H14BrNO2. The predicted octanol–water partition coefficient (Wildman–Crippen LogP) is 2.34. The summed E-state index contributed by atoms with van der Waals surface area (Å²) in [6, 6.07) is 3.83. The van der Waals surface area contributed by atoms with E-state index in [0.717, 1.165) is 5.56 Å². The third kappa shape index (κ3) is 4.42. The first-order valence-corrected chi connectivity index (χ1v) is 5.54. The summed E-state index contributed by atoms with van der Waals surface area (Å²) in [7, 11) is 0. The Morgan fingerprint density at radius 2 is 2.33 bits per heavy atom. The number of pyridine rings is 1. The summed E-state index contributed by atoms with van der Waals surface area (Å²) in [6.07, 6.45) is 4.19. The molecule has 0 unspecified atom stereocenters. The van der Waals surface area contributed by atoms with Gasteiger partial charge in [-0.2, -0.15) is 0 Å². The van der Waals surface area contributed by atoms with Gasteiger partial charge in [0.2, 0.25) is 0 Å². The Morgan fingerprint density at radius 3 is 2.87 bits per heavy atom. The molecule has 82 valence electrons. The molecule has 0 saturated heterocycles. The zero-order chi connectivity index (χ0) is 11.3. The molecule has 3 nitrogen and oxygen atoms in total. The van der Waals surface area contributed by atoms with Crippen LogP contribution in [0.2, 0.25) is 0 Å². The van der Waals surface area contributed by atoms with Crippen molar-refractivity contribution in [3.05, 3.63) is 30.1 Å². The molecule has 0 N–H and O–H groups in total. The zero-order valence-electron chi connectivity index (χ0n) is 8.87. The Bertz CT molecular complexity index is 319. The van der Waals surface area contributed by atoms with E-state index in [1.54, 1.807) is 26.2 Å². The fourth-order valence-electron chi connectivity index (χ4n) is 0.979. The summed E-state index contributed by atoms with van der Waals surface area (Å²) in [4.78, 5) is 15.4. The third-order valence-corrected chi connectivity index (χ3v) is 2.16. The summed E-state index contributed by atoms with van der Waals surface area (Å²) in [5.41, 5.74) is 1.07. The normalized spacial score (nSPS) is 11.1. The number of nitrogens with zero attached hydrogens (tertiary/aromatic N) is 1. The number of hydrogen-bond acceptors (Lipinski definition) is 3. The Labute approximate surface area is 98.0 Å². The molecule has 0 aromatic carbocycles. The van der Waals surface area contributed by atoms with Gasteiger partial charge in [-0.3, -0.25) is 9.78 Å². The Balaban J connectivity index is 2.32. The van der Waals surface area contributed by atoms with Gasteiger partial charge in [0.25, 0.3) is 0 Å². The van der Waals surface area contributed by atoms with Crippen molar-refractivity contribution in [1.82, 2.24) is 4.98 Å². The summed E-state index contributed by atoms with van der Waals surface area (Å²) in [5, 5.41) is 0.